The number of hydrogen-bond acceptors (Lipinski definition) is 9. The molecule has 1 aliphatic rings. The minimum atomic E-state index is -0.489. The fourth-order valence-corrected chi connectivity index (χ4v) is 4.71. The molecule has 0 atom stereocenters. The lowest BCUT2D eigenvalue weighted by atomic mass is 10.0. The minimum Gasteiger partial charge on any atom is -0.390 e. The van der Waals surface area contributed by atoms with Gasteiger partial charge in [-0.25, -0.2) is 19.7 Å². The van der Waals surface area contributed by atoms with E-state index < -0.39 is 11.2 Å². The predicted molar refractivity (Wildman–Crippen MR) is 131 cm³/mol. The lowest BCUT2D eigenvalue weighted by Crippen LogP contribution is -2.40. The first-order valence-electron chi connectivity index (χ1n) is 10.8. The van der Waals surface area contributed by atoms with E-state index in [2.05, 4.69) is 26.5 Å². The smallest absolute Gasteiger partial charge is 0.329 e. The number of aliphatic hydroxyl groups is 1. The lowest BCUT2D eigenvalue weighted by Gasteiger charge is -2.35. The summed E-state index contributed by atoms with van der Waals surface area (Å²) in [5.74, 6) is 0. The molecule has 0 bridgehead atoms. The molecule has 0 saturated carbocycles. The van der Waals surface area contributed by atoms with Crippen LogP contribution in [0, 0.1) is 0 Å². The quantitative estimate of drug-likeness (QED) is 0.252. The van der Waals surface area contributed by atoms with Crippen molar-refractivity contribution >= 4 is 33.7 Å². The Morgan fingerprint density at radius 2 is 1.91 bits per heavy atom. The van der Waals surface area contributed by atoms with Crippen molar-refractivity contribution < 1.29 is 5.11 Å². The van der Waals surface area contributed by atoms with Crippen LogP contribution in [-0.2, 0) is 0 Å². The van der Waals surface area contributed by atoms with Crippen LogP contribution in [-0.4, -0.2) is 65.4 Å². The number of aromatic amines is 1. The van der Waals surface area contributed by atoms with Crippen molar-refractivity contribution in [3.63, 3.8) is 0 Å². The Morgan fingerprint density at radius 1 is 1.18 bits per heavy atom. The van der Waals surface area contributed by atoms with Gasteiger partial charge in [0, 0.05) is 49.0 Å². The molecule has 11 heteroatoms. The van der Waals surface area contributed by atoms with Crippen LogP contribution in [0.5, 0.6) is 0 Å². The number of nitrogens with zero attached hydrogens (tertiary/aromatic N) is 6. The number of H-pyrrole nitrogens is 1. The van der Waals surface area contributed by atoms with E-state index in [-0.39, 0.29) is 12.6 Å². The van der Waals surface area contributed by atoms with Gasteiger partial charge in [0.05, 0.1) is 28.7 Å². The molecule has 0 aromatic carbocycles. The van der Waals surface area contributed by atoms with Crippen molar-refractivity contribution in [2.75, 3.05) is 26.0 Å². The fraction of sp³-hybridized carbons (Fsp3) is 0.304. The maximum Gasteiger partial charge on any atom is 0.329 e. The number of piperidine rings is 1. The topological polar surface area (TPSA) is 130 Å². The molecule has 1 fully saturated rings. The van der Waals surface area contributed by atoms with Gasteiger partial charge in [-0.3, -0.25) is 19.3 Å². The number of fused-ring (bicyclic) bond motifs is 3. The van der Waals surface area contributed by atoms with Crippen molar-refractivity contribution in [3.8, 4) is 11.3 Å². The highest BCUT2D eigenvalue weighted by molar-refractivity contribution is 7.98. The molecule has 2 N–H and O–H groups in total. The van der Waals surface area contributed by atoms with Crippen LogP contribution in [0.2, 0.25) is 0 Å². The van der Waals surface area contributed by atoms with Crippen LogP contribution in [0.25, 0.3) is 33.2 Å². The first kappa shape index (κ1) is 22.2. The van der Waals surface area contributed by atoms with Crippen molar-refractivity contribution in [2.24, 2.45) is 0 Å². The first-order valence-corrected chi connectivity index (χ1v) is 12.1. The number of hydrogen-bond donors (Lipinski definition) is 2. The van der Waals surface area contributed by atoms with Crippen LogP contribution in [0.15, 0.2) is 57.7 Å². The predicted octanol–water partition coefficient (Wildman–Crippen LogP) is 1.95. The maximum atomic E-state index is 13.1. The summed E-state index contributed by atoms with van der Waals surface area (Å²) in [6.07, 6.45) is 8.13. The third-order valence-electron chi connectivity index (χ3n) is 6.18. The molecule has 0 aliphatic carbocycles. The third kappa shape index (κ3) is 3.86. The molecule has 1 aliphatic heterocycles. The van der Waals surface area contributed by atoms with Crippen LogP contribution in [0.3, 0.4) is 0 Å². The Bertz CT molecular complexity index is 1510. The zero-order chi connectivity index (χ0) is 23.8. The van der Waals surface area contributed by atoms with Crippen molar-refractivity contribution in [1.82, 2.24) is 34.4 Å². The second-order valence-electron chi connectivity index (χ2n) is 8.11. The number of pyridine rings is 2. The summed E-state index contributed by atoms with van der Waals surface area (Å²) >= 11 is 1.45. The Kier molecular flexibility index (Phi) is 5.88. The zero-order valence-electron chi connectivity index (χ0n) is 18.6. The highest BCUT2D eigenvalue weighted by Crippen LogP contribution is 2.29. The van der Waals surface area contributed by atoms with Crippen LogP contribution in [0.1, 0.15) is 18.9 Å². The van der Waals surface area contributed by atoms with E-state index in [0.717, 1.165) is 5.56 Å². The molecule has 0 unspecified atom stereocenters. The standard InChI is InChI=1S/C23H23N7O3S/c1-13(12-31)29-7-5-15(6-8-29)30-20-16(21(32)28-23(30)33)11-24-18-4-3-17(27-19(18)20)14-9-25-22(34-2)26-10-14/h3-4,9-11,15,31H,1,5-8,12H2,2H3,(H,28,32,33). The zero-order valence-corrected chi connectivity index (χ0v) is 19.4. The van der Waals surface area contributed by atoms with Gasteiger partial charge in [-0.05, 0) is 31.2 Å². The van der Waals surface area contributed by atoms with E-state index >= 15 is 0 Å². The largest absolute Gasteiger partial charge is 0.390 e. The monoisotopic (exact) mass is 477 g/mol. The first-order chi connectivity index (χ1) is 16.5. The molecule has 5 rings (SSSR count). The van der Waals surface area contributed by atoms with E-state index in [1.807, 2.05) is 23.3 Å². The van der Waals surface area contributed by atoms with Gasteiger partial charge in [-0.2, -0.15) is 0 Å². The second kappa shape index (κ2) is 8.99. The molecular weight excluding hydrogens is 454 g/mol. The highest BCUT2D eigenvalue weighted by Gasteiger charge is 2.25. The Labute approximate surface area is 198 Å². The molecule has 0 amide bonds. The Hall–Kier alpha value is -3.57. The number of aromatic nitrogens is 6. The summed E-state index contributed by atoms with van der Waals surface area (Å²) < 4.78 is 1.64. The summed E-state index contributed by atoms with van der Waals surface area (Å²) in [5, 5.41) is 10.4. The van der Waals surface area contributed by atoms with E-state index in [9.17, 15) is 14.7 Å². The number of likely N-dealkylation sites (tertiary alicyclic amines) is 1. The molecule has 5 heterocycles. The molecular formula is C23H23N7O3S. The minimum absolute atomic E-state index is 0.100. The van der Waals surface area contributed by atoms with Gasteiger partial charge in [0.2, 0.25) is 0 Å². The molecule has 0 radical (unpaired) electrons. The molecule has 174 valence electrons. The molecule has 34 heavy (non-hydrogen) atoms. The van der Waals surface area contributed by atoms with Crippen molar-refractivity contribution in [2.45, 2.75) is 24.0 Å². The molecule has 1 saturated heterocycles. The van der Waals surface area contributed by atoms with E-state index in [1.54, 1.807) is 17.0 Å². The maximum absolute atomic E-state index is 13.1. The Morgan fingerprint density at radius 3 is 2.59 bits per heavy atom. The third-order valence-corrected chi connectivity index (χ3v) is 6.75. The summed E-state index contributed by atoms with van der Waals surface area (Å²) in [7, 11) is 0. The number of thioether (sulfide) groups is 1. The van der Waals surface area contributed by atoms with Gasteiger partial charge in [0.15, 0.2) is 5.16 Å². The van der Waals surface area contributed by atoms with Crippen LogP contribution < -0.4 is 11.2 Å². The van der Waals surface area contributed by atoms with Crippen molar-refractivity contribution in [3.05, 3.63) is 63.8 Å². The molecule has 10 nitrogen and oxygen atoms in total. The molecule has 0 spiro atoms. The van der Waals surface area contributed by atoms with Gasteiger partial charge in [-0.1, -0.05) is 18.3 Å². The summed E-state index contributed by atoms with van der Waals surface area (Å²) in [4.78, 5) is 48.1. The SMILES string of the molecule is C=C(CO)N1CCC(n2c(=O)[nH]c(=O)c3cnc4ccc(-c5cnc(SC)nc5)nc4c32)CC1. The number of aliphatic hydroxyl groups excluding tert-OH is 1. The summed E-state index contributed by atoms with van der Waals surface area (Å²) in [6, 6.07) is 3.51. The van der Waals surface area contributed by atoms with Gasteiger partial charge in [0.25, 0.3) is 5.56 Å². The normalized spacial score (nSPS) is 14.7. The fourth-order valence-electron chi connectivity index (χ4n) is 4.39. The average molecular weight is 478 g/mol. The van der Waals surface area contributed by atoms with Gasteiger partial charge < -0.3 is 10.0 Å². The molecule has 4 aromatic heterocycles. The van der Waals surface area contributed by atoms with Crippen molar-refractivity contribution in [1.29, 1.82) is 0 Å². The highest BCUT2D eigenvalue weighted by atomic mass is 32.2. The summed E-state index contributed by atoms with van der Waals surface area (Å²) in [5.41, 5.74) is 2.60. The number of rotatable bonds is 5. The average Bonchev–Trinajstić information content (AvgIpc) is 2.88. The van der Waals surface area contributed by atoms with Gasteiger partial charge >= 0.3 is 5.69 Å². The summed E-state index contributed by atoms with van der Waals surface area (Å²) in [6.45, 7) is 5.10. The van der Waals surface area contributed by atoms with Gasteiger partial charge in [-0.15, -0.1) is 0 Å². The number of nitrogens with one attached hydrogen (secondary N) is 1. The van der Waals surface area contributed by atoms with Crippen LogP contribution in [0.4, 0.5) is 0 Å². The van der Waals surface area contributed by atoms with Crippen LogP contribution >= 0.6 is 11.8 Å². The lowest BCUT2D eigenvalue weighted by molar-refractivity contribution is 0.195. The van der Waals surface area contributed by atoms with Gasteiger partial charge in [0.1, 0.15) is 5.52 Å². The Balaban J connectivity index is 1.67. The second-order valence-corrected chi connectivity index (χ2v) is 8.89. The van der Waals surface area contributed by atoms with E-state index in [0.29, 0.717) is 64.4 Å². The van der Waals surface area contributed by atoms with E-state index in [4.69, 9.17) is 4.98 Å². The van der Waals surface area contributed by atoms with E-state index in [1.165, 1.54) is 18.0 Å². The molecule has 4 aromatic rings.